The summed E-state index contributed by atoms with van der Waals surface area (Å²) >= 11 is 0. The van der Waals surface area contributed by atoms with Crippen LogP contribution < -0.4 is 9.47 Å². The summed E-state index contributed by atoms with van der Waals surface area (Å²) in [6.45, 7) is 9.60. The molecule has 3 aromatic carbocycles. The van der Waals surface area contributed by atoms with Gasteiger partial charge in [-0.25, -0.2) is 0 Å². The van der Waals surface area contributed by atoms with E-state index < -0.39 is 5.97 Å². The maximum atomic E-state index is 11.0. The number of anilines is 2. The van der Waals surface area contributed by atoms with Crippen LogP contribution in [0.3, 0.4) is 0 Å². The number of hydrogen-bond donors (Lipinski definition) is 1. The minimum Gasteiger partial charge on any atom is -0.481 e. The van der Waals surface area contributed by atoms with E-state index in [9.17, 15) is 4.79 Å². The van der Waals surface area contributed by atoms with E-state index in [4.69, 9.17) is 5.11 Å². The molecule has 4 aromatic rings. The van der Waals surface area contributed by atoms with Crippen molar-refractivity contribution in [3.05, 3.63) is 142 Å². The molecule has 196 valence electrons. The third kappa shape index (κ3) is 5.42. The predicted octanol–water partition coefficient (Wildman–Crippen LogP) is 7.29. The van der Waals surface area contributed by atoms with E-state index >= 15 is 0 Å². The van der Waals surface area contributed by atoms with Crippen LogP contribution in [0, 0.1) is 13.8 Å². The van der Waals surface area contributed by atoms with Crippen molar-refractivity contribution < 1.29 is 14.5 Å². The van der Waals surface area contributed by atoms with Crippen LogP contribution >= 0.6 is 0 Å². The first-order valence-corrected chi connectivity index (χ1v) is 13.4. The molecule has 0 fully saturated rings. The number of rotatable bonds is 7. The average molecular weight is 516 g/mol. The lowest BCUT2D eigenvalue weighted by atomic mass is 9.83. The molecule has 0 aliphatic carbocycles. The highest BCUT2D eigenvalue weighted by molar-refractivity contribution is 5.80. The standard InChI is InChI=1S/C35H34N2O2/c1-25-21-29(22-26(2)36(25)24-28-19-17-27(18-20-28)23-34(38)39)11-10-16-33-35(3,4)31-14-8-9-15-32(31)37(33)30-12-6-5-7-13-30/h5-22H,23-24H2,1-4H3/p+1. The third-order valence-corrected chi connectivity index (χ3v) is 7.58. The molecule has 0 radical (unpaired) electrons. The fourth-order valence-corrected chi connectivity index (χ4v) is 5.56. The van der Waals surface area contributed by atoms with Crippen molar-refractivity contribution >= 4 is 23.4 Å². The second-order valence-corrected chi connectivity index (χ2v) is 10.8. The van der Waals surface area contributed by atoms with Gasteiger partial charge >= 0.3 is 5.97 Å². The molecule has 1 aliphatic rings. The Morgan fingerprint density at radius 1 is 0.872 bits per heavy atom. The highest BCUT2D eigenvalue weighted by Gasteiger charge is 2.40. The number of hydrogen-bond acceptors (Lipinski definition) is 2. The maximum Gasteiger partial charge on any atom is 0.307 e. The number of para-hydroxylation sites is 2. The number of pyridine rings is 1. The van der Waals surface area contributed by atoms with Crippen molar-refractivity contribution in [1.29, 1.82) is 0 Å². The van der Waals surface area contributed by atoms with Crippen LogP contribution in [0.2, 0.25) is 0 Å². The van der Waals surface area contributed by atoms with Crippen molar-refractivity contribution in [2.75, 3.05) is 4.90 Å². The summed E-state index contributed by atoms with van der Waals surface area (Å²) in [4.78, 5) is 13.3. The highest BCUT2D eigenvalue weighted by atomic mass is 16.4. The summed E-state index contributed by atoms with van der Waals surface area (Å²) in [5.41, 5.74) is 10.3. The number of aryl methyl sites for hydroxylation is 2. The molecular formula is C35H35N2O2+. The number of aliphatic carboxylic acids is 1. The van der Waals surface area contributed by atoms with Gasteiger partial charge in [-0.1, -0.05) is 86.7 Å². The van der Waals surface area contributed by atoms with Gasteiger partial charge in [0.1, 0.15) is 0 Å². The van der Waals surface area contributed by atoms with E-state index in [-0.39, 0.29) is 11.8 Å². The van der Waals surface area contributed by atoms with Gasteiger partial charge in [0.2, 0.25) is 0 Å². The van der Waals surface area contributed by atoms with Gasteiger partial charge in [0.25, 0.3) is 0 Å². The topological polar surface area (TPSA) is 44.4 Å². The van der Waals surface area contributed by atoms with E-state index in [1.54, 1.807) is 0 Å². The van der Waals surface area contributed by atoms with Crippen molar-refractivity contribution in [3.8, 4) is 0 Å². The summed E-state index contributed by atoms with van der Waals surface area (Å²) in [5.74, 6) is -0.808. The molecule has 0 spiro atoms. The molecule has 2 heterocycles. The Hall–Kier alpha value is -4.44. The largest absolute Gasteiger partial charge is 0.481 e. The number of carboxylic acids is 1. The number of carbonyl (C=O) groups is 1. The van der Waals surface area contributed by atoms with Crippen molar-refractivity contribution in [1.82, 2.24) is 0 Å². The molecule has 4 heteroatoms. The minimum atomic E-state index is -0.808. The summed E-state index contributed by atoms with van der Waals surface area (Å²) < 4.78 is 2.29. The van der Waals surface area contributed by atoms with Crippen LogP contribution in [0.1, 0.15) is 47.5 Å². The van der Waals surface area contributed by atoms with Gasteiger partial charge in [-0.3, -0.25) is 4.79 Å². The maximum absolute atomic E-state index is 11.0. The smallest absolute Gasteiger partial charge is 0.307 e. The van der Waals surface area contributed by atoms with Crippen LogP contribution in [0.5, 0.6) is 0 Å². The first-order chi connectivity index (χ1) is 18.7. The van der Waals surface area contributed by atoms with E-state index in [0.717, 1.165) is 23.2 Å². The summed E-state index contributed by atoms with van der Waals surface area (Å²) in [7, 11) is 0. The molecule has 1 N–H and O–H groups in total. The molecule has 39 heavy (non-hydrogen) atoms. The van der Waals surface area contributed by atoms with Crippen LogP contribution in [-0.2, 0) is 23.2 Å². The number of aromatic nitrogens is 1. The number of nitrogens with zero attached hydrogens (tertiary/aromatic N) is 2. The fourth-order valence-electron chi connectivity index (χ4n) is 5.56. The molecule has 0 saturated carbocycles. The molecular weight excluding hydrogens is 480 g/mol. The van der Waals surface area contributed by atoms with Gasteiger partial charge < -0.3 is 10.0 Å². The number of benzene rings is 3. The Bertz CT molecular complexity index is 1540. The second kappa shape index (κ2) is 10.7. The summed E-state index contributed by atoms with van der Waals surface area (Å²) in [5, 5.41) is 9.01. The molecule has 0 amide bonds. The van der Waals surface area contributed by atoms with Crippen molar-refractivity contribution in [2.24, 2.45) is 0 Å². The second-order valence-electron chi connectivity index (χ2n) is 10.8. The lowest BCUT2D eigenvalue weighted by molar-refractivity contribution is -0.700. The lowest BCUT2D eigenvalue weighted by Crippen LogP contribution is -2.40. The Morgan fingerprint density at radius 3 is 2.15 bits per heavy atom. The Morgan fingerprint density at radius 2 is 1.49 bits per heavy atom. The SMILES string of the molecule is Cc1cc(C=CC=C2N(c3ccccc3)c3ccccc3C2(C)C)cc(C)[n+]1Cc1ccc(CC(=O)O)cc1. The molecule has 5 rings (SSSR count). The number of allylic oxidation sites excluding steroid dienone is 3. The zero-order valence-electron chi connectivity index (χ0n) is 23.1. The van der Waals surface area contributed by atoms with Crippen LogP contribution in [0.25, 0.3) is 6.08 Å². The molecule has 0 saturated heterocycles. The molecule has 0 atom stereocenters. The molecule has 0 unspecified atom stereocenters. The fraction of sp³-hybridized carbons (Fsp3) is 0.200. The average Bonchev–Trinajstić information content (AvgIpc) is 3.14. The Kier molecular flexibility index (Phi) is 7.21. The minimum absolute atomic E-state index is 0.0506. The zero-order chi connectivity index (χ0) is 27.6. The molecule has 1 aromatic heterocycles. The van der Waals surface area contributed by atoms with E-state index in [0.29, 0.717) is 0 Å². The van der Waals surface area contributed by atoms with E-state index in [1.807, 2.05) is 24.3 Å². The summed E-state index contributed by atoms with van der Waals surface area (Å²) in [6.07, 6.45) is 6.64. The van der Waals surface area contributed by atoms with Gasteiger partial charge in [-0.15, -0.1) is 0 Å². The Balaban J connectivity index is 1.41. The zero-order valence-corrected chi connectivity index (χ0v) is 23.1. The first-order valence-electron chi connectivity index (χ1n) is 13.4. The normalized spacial score (nSPS) is 15.2. The number of carboxylic acid groups (broad SMARTS) is 1. The molecule has 1 aliphatic heterocycles. The molecule has 4 nitrogen and oxygen atoms in total. The highest BCUT2D eigenvalue weighted by Crippen LogP contribution is 2.50. The van der Waals surface area contributed by atoms with Crippen LogP contribution in [0.15, 0.2) is 109 Å². The monoisotopic (exact) mass is 515 g/mol. The van der Waals surface area contributed by atoms with Gasteiger partial charge in [-0.2, -0.15) is 4.57 Å². The van der Waals surface area contributed by atoms with E-state index in [2.05, 4.69) is 122 Å². The number of fused-ring (bicyclic) bond motifs is 1. The van der Waals surface area contributed by atoms with Crippen LogP contribution in [-0.4, -0.2) is 11.1 Å². The van der Waals surface area contributed by atoms with E-state index in [1.165, 1.54) is 34.0 Å². The van der Waals surface area contributed by atoms with Gasteiger partial charge in [0.15, 0.2) is 17.9 Å². The van der Waals surface area contributed by atoms with Gasteiger partial charge in [0, 0.05) is 54.0 Å². The van der Waals surface area contributed by atoms with Gasteiger partial charge in [-0.05, 0) is 41.0 Å². The quantitative estimate of drug-likeness (QED) is 0.263. The third-order valence-electron chi connectivity index (χ3n) is 7.58. The lowest BCUT2D eigenvalue weighted by Gasteiger charge is -2.27. The van der Waals surface area contributed by atoms with Crippen molar-refractivity contribution in [3.63, 3.8) is 0 Å². The van der Waals surface area contributed by atoms with Crippen LogP contribution in [0.4, 0.5) is 11.4 Å². The first kappa shape index (κ1) is 26.2. The summed E-state index contributed by atoms with van der Waals surface area (Å²) in [6, 6.07) is 31.5. The Labute approximate surface area is 231 Å². The van der Waals surface area contributed by atoms with Crippen molar-refractivity contribution in [2.45, 2.75) is 46.1 Å². The molecule has 0 bridgehead atoms. The van der Waals surface area contributed by atoms with Gasteiger partial charge in [0.05, 0.1) is 6.42 Å². The predicted molar refractivity (Wildman–Crippen MR) is 158 cm³/mol.